The van der Waals surface area contributed by atoms with E-state index in [1.165, 1.54) is 127 Å². The van der Waals surface area contributed by atoms with Gasteiger partial charge in [-0.05, 0) is 107 Å². The minimum absolute atomic E-state index is 0.308. The fraction of sp³-hybridized carbons (Fsp3) is 0.242. The lowest BCUT2D eigenvalue weighted by Gasteiger charge is -2.26. The fourth-order valence-electron chi connectivity index (χ4n) is 10.3. The third kappa shape index (κ3) is 11.5. The summed E-state index contributed by atoms with van der Waals surface area (Å²) in [4.78, 5) is 13.8. The summed E-state index contributed by atoms with van der Waals surface area (Å²) >= 11 is 0. The molecule has 0 bridgehead atoms. The van der Waals surface area contributed by atoms with Crippen molar-refractivity contribution >= 4 is 97.0 Å². The first-order chi connectivity index (χ1) is 35.4. The van der Waals surface area contributed by atoms with Crippen LogP contribution >= 0.6 is 0 Å². The lowest BCUT2D eigenvalue weighted by atomic mass is 10.1. The molecule has 0 fully saturated rings. The first kappa shape index (κ1) is 49.1. The van der Waals surface area contributed by atoms with Gasteiger partial charge in [0.1, 0.15) is 11.6 Å². The molecule has 2 aromatic heterocycles. The van der Waals surface area contributed by atoms with Crippen molar-refractivity contribution in [1.29, 1.82) is 5.26 Å². The van der Waals surface area contributed by atoms with Crippen molar-refractivity contribution in [2.75, 3.05) is 4.90 Å². The van der Waals surface area contributed by atoms with E-state index in [-0.39, 0.29) is 5.57 Å². The Labute approximate surface area is 425 Å². The molecule has 0 saturated carbocycles. The zero-order valence-corrected chi connectivity index (χ0v) is 41.9. The summed E-state index contributed by atoms with van der Waals surface area (Å²) in [6.45, 7) is 6.58. The zero-order chi connectivity index (χ0) is 49.7. The number of nitriles is 1. The van der Waals surface area contributed by atoms with E-state index < -0.39 is 5.97 Å². The van der Waals surface area contributed by atoms with Crippen molar-refractivity contribution in [3.05, 3.63) is 191 Å². The van der Waals surface area contributed by atoms with E-state index in [0.29, 0.717) is 5.56 Å². The Morgan fingerprint density at radius 1 is 0.458 bits per heavy atom. The molecule has 9 aromatic rings. The predicted molar refractivity (Wildman–Crippen MR) is 306 cm³/mol. The Morgan fingerprint density at radius 3 is 1.24 bits per heavy atom. The standard InChI is InChI=1S/C66H66N4O2/c1-3-5-7-9-11-17-43-68-62-21-15-13-19-58(62)60-41-33-52(46-64(60)68)25-23-49-27-35-55(36-28-49)70(57-39-31-51(32-40-57)45-54(48-67)66(71)72)56-37-29-50(30-38-56)24-26-53-34-42-61-59-20-14-16-22-63(59)69(65(61)47-53)44-18-12-10-8-6-4-2/h13-16,19-42,45-47H,3-12,17-18,43-44H2,1-2H3,(H,71,72)/b25-23+,26-24+,54-45+. The van der Waals surface area contributed by atoms with E-state index in [4.69, 9.17) is 0 Å². The molecule has 0 atom stereocenters. The Bertz CT molecular complexity index is 3230. The van der Waals surface area contributed by atoms with Crippen LogP contribution in [0.1, 0.15) is 119 Å². The largest absolute Gasteiger partial charge is 0.477 e. The molecule has 0 amide bonds. The van der Waals surface area contributed by atoms with Crippen LogP contribution in [0, 0.1) is 11.3 Å². The number of aryl methyl sites for hydroxylation is 2. The van der Waals surface area contributed by atoms with Gasteiger partial charge in [-0.15, -0.1) is 0 Å². The van der Waals surface area contributed by atoms with Gasteiger partial charge >= 0.3 is 5.97 Å². The normalized spacial score (nSPS) is 12.0. The van der Waals surface area contributed by atoms with Crippen LogP contribution < -0.4 is 4.90 Å². The number of aliphatic carboxylic acids is 1. The van der Waals surface area contributed by atoms with Gasteiger partial charge in [0.25, 0.3) is 0 Å². The molecule has 6 heteroatoms. The summed E-state index contributed by atoms with van der Waals surface area (Å²) in [5.74, 6) is -1.24. The van der Waals surface area contributed by atoms with E-state index in [9.17, 15) is 15.2 Å². The Balaban J connectivity index is 0.961. The number of carbonyl (C=O) groups is 1. The maximum Gasteiger partial charge on any atom is 0.346 e. The average molecular weight is 947 g/mol. The molecule has 0 saturated heterocycles. The fourth-order valence-corrected chi connectivity index (χ4v) is 10.3. The summed E-state index contributed by atoms with van der Waals surface area (Å²) in [7, 11) is 0. The van der Waals surface area contributed by atoms with Gasteiger partial charge in [-0.25, -0.2) is 4.79 Å². The van der Waals surface area contributed by atoms with Crippen LogP contribution in [0.2, 0.25) is 0 Å². The Kier molecular flexibility index (Phi) is 16.2. The van der Waals surface area contributed by atoms with Crippen LogP contribution in [0.25, 0.3) is 74.0 Å². The Hall–Kier alpha value is -7.88. The minimum Gasteiger partial charge on any atom is -0.477 e. The van der Waals surface area contributed by atoms with Crippen LogP contribution in [-0.2, 0) is 17.9 Å². The maximum atomic E-state index is 11.6. The number of nitrogens with zero attached hydrogens (tertiary/aromatic N) is 4. The van der Waals surface area contributed by atoms with Crippen LogP contribution in [0.15, 0.2) is 163 Å². The van der Waals surface area contributed by atoms with Crippen LogP contribution in [0.3, 0.4) is 0 Å². The molecule has 0 spiro atoms. The lowest BCUT2D eigenvalue weighted by Crippen LogP contribution is -2.09. The van der Waals surface area contributed by atoms with Gasteiger partial charge in [0.15, 0.2) is 0 Å². The molecule has 6 nitrogen and oxygen atoms in total. The van der Waals surface area contributed by atoms with E-state index in [2.05, 4.69) is 186 Å². The molecule has 9 rings (SSSR count). The van der Waals surface area contributed by atoms with Crippen molar-refractivity contribution in [2.45, 2.75) is 104 Å². The van der Waals surface area contributed by atoms with Crippen molar-refractivity contribution in [3.8, 4) is 6.07 Å². The molecular formula is C66H66N4O2. The second kappa shape index (κ2) is 23.8. The molecule has 0 aliphatic carbocycles. The van der Waals surface area contributed by atoms with E-state index >= 15 is 0 Å². The van der Waals surface area contributed by atoms with Gasteiger partial charge < -0.3 is 19.1 Å². The highest BCUT2D eigenvalue weighted by Crippen LogP contribution is 2.37. The van der Waals surface area contributed by atoms with Gasteiger partial charge in [0, 0.05) is 73.8 Å². The third-order valence-corrected chi connectivity index (χ3v) is 14.1. The number of fused-ring (bicyclic) bond motifs is 6. The average Bonchev–Trinajstić information content (AvgIpc) is 3.90. The van der Waals surface area contributed by atoms with Crippen LogP contribution in [-0.4, -0.2) is 20.2 Å². The number of carboxylic acid groups (broad SMARTS) is 1. The van der Waals surface area contributed by atoms with Gasteiger partial charge in [0.05, 0.1) is 0 Å². The SMILES string of the molecule is CCCCCCCCn1c2ccccc2c2ccc(/C=C/c3ccc(N(c4ccc(/C=C/c5ccc6c7ccccc7n(CCCCCCCC)c6c5)cc4)c4ccc(/C=C(\C#N)C(=O)O)cc4)cc3)cc21. The molecular weight excluding hydrogens is 881 g/mol. The molecule has 0 radical (unpaired) electrons. The van der Waals surface area contributed by atoms with Gasteiger partial charge in [-0.1, -0.05) is 199 Å². The molecule has 0 aliphatic rings. The summed E-state index contributed by atoms with van der Waals surface area (Å²) in [5.41, 5.74) is 12.9. The Morgan fingerprint density at radius 2 is 0.819 bits per heavy atom. The van der Waals surface area contributed by atoms with Crippen molar-refractivity contribution < 1.29 is 9.90 Å². The highest BCUT2D eigenvalue weighted by molar-refractivity contribution is 6.09. The van der Waals surface area contributed by atoms with Crippen molar-refractivity contribution in [2.24, 2.45) is 0 Å². The van der Waals surface area contributed by atoms with Crippen LogP contribution in [0.5, 0.6) is 0 Å². The van der Waals surface area contributed by atoms with Crippen LogP contribution in [0.4, 0.5) is 17.1 Å². The summed E-state index contributed by atoms with van der Waals surface area (Å²) < 4.78 is 5.03. The zero-order valence-electron chi connectivity index (χ0n) is 41.9. The summed E-state index contributed by atoms with van der Waals surface area (Å²) in [5, 5.41) is 24.1. The highest BCUT2D eigenvalue weighted by Gasteiger charge is 2.15. The van der Waals surface area contributed by atoms with Gasteiger partial charge in [-0.2, -0.15) is 5.26 Å². The second-order valence-electron chi connectivity index (χ2n) is 19.2. The predicted octanol–water partition coefficient (Wildman–Crippen LogP) is 18.4. The molecule has 7 aromatic carbocycles. The van der Waals surface area contributed by atoms with Gasteiger partial charge in [0.2, 0.25) is 0 Å². The van der Waals surface area contributed by atoms with Gasteiger partial charge in [-0.3, -0.25) is 0 Å². The number of anilines is 3. The smallest absolute Gasteiger partial charge is 0.346 e. The number of para-hydroxylation sites is 2. The second-order valence-corrected chi connectivity index (χ2v) is 19.2. The van der Waals surface area contributed by atoms with E-state index in [1.54, 1.807) is 6.07 Å². The van der Waals surface area contributed by atoms with E-state index in [1.807, 2.05) is 24.3 Å². The molecule has 362 valence electrons. The number of carboxylic acids is 1. The number of hydrogen-bond donors (Lipinski definition) is 1. The number of aromatic nitrogens is 2. The quantitative estimate of drug-likeness (QED) is 0.0300. The molecule has 72 heavy (non-hydrogen) atoms. The molecule has 0 aliphatic heterocycles. The summed E-state index contributed by atoms with van der Waals surface area (Å²) in [6.07, 6.45) is 25.5. The molecule has 0 unspecified atom stereocenters. The summed E-state index contributed by atoms with van der Waals surface area (Å²) in [6, 6.07) is 57.8. The topological polar surface area (TPSA) is 74.2 Å². The maximum absolute atomic E-state index is 11.6. The minimum atomic E-state index is -1.24. The number of benzene rings is 7. The number of hydrogen-bond acceptors (Lipinski definition) is 3. The molecule has 1 N–H and O–H groups in total. The van der Waals surface area contributed by atoms with E-state index in [0.717, 1.165) is 52.4 Å². The number of rotatable bonds is 23. The third-order valence-electron chi connectivity index (χ3n) is 14.1. The van der Waals surface area contributed by atoms with Crippen molar-refractivity contribution in [1.82, 2.24) is 9.13 Å². The van der Waals surface area contributed by atoms with Crippen molar-refractivity contribution in [3.63, 3.8) is 0 Å². The highest BCUT2D eigenvalue weighted by atomic mass is 16.4. The first-order valence-corrected chi connectivity index (χ1v) is 26.3. The molecule has 2 heterocycles. The monoisotopic (exact) mass is 947 g/mol. The first-order valence-electron chi connectivity index (χ1n) is 26.3. The lowest BCUT2D eigenvalue weighted by molar-refractivity contribution is -0.132. The number of unbranched alkanes of at least 4 members (excludes halogenated alkanes) is 10.